The van der Waals surface area contributed by atoms with E-state index in [0.717, 1.165) is 5.69 Å². The lowest BCUT2D eigenvalue weighted by molar-refractivity contribution is 0.0982. The van der Waals surface area contributed by atoms with Gasteiger partial charge in [0.05, 0.1) is 23.4 Å². The lowest BCUT2D eigenvalue weighted by Gasteiger charge is -2.13. The fraction of sp³-hybridized carbons (Fsp3) is 0.444. The van der Waals surface area contributed by atoms with Crippen molar-refractivity contribution in [2.45, 2.75) is 26.2 Å². The first kappa shape index (κ1) is 17.8. The molecule has 134 valence electrons. The van der Waals surface area contributed by atoms with Crippen LogP contribution in [0.5, 0.6) is 0 Å². The number of ether oxygens (including phenoxy) is 1. The summed E-state index contributed by atoms with van der Waals surface area (Å²) in [6.45, 7) is 4.96. The largest absolute Gasteiger partial charge is 0.381 e. The van der Waals surface area contributed by atoms with Crippen LogP contribution in [0.4, 0.5) is 0 Å². The van der Waals surface area contributed by atoms with Crippen molar-refractivity contribution < 1.29 is 17.9 Å². The molecule has 1 aromatic heterocycles. The van der Waals surface area contributed by atoms with Crippen LogP contribution in [0.15, 0.2) is 30.3 Å². The number of nitrogens with zero attached hydrogens (tertiary/aromatic N) is 1. The number of amides is 1. The summed E-state index contributed by atoms with van der Waals surface area (Å²) in [4.78, 5) is 17.2. The lowest BCUT2D eigenvalue weighted by atomic mass is 10.0. The molecular formula is C18H22N2O4S. The van der Waals surface area contributed by atoms with Gasteiger partial charge in [0.15, 0.2) is 0 Å². The van der Waals surface area contributed by atoms with Gasteiger partial charge in [0.1, 0.15) is 0 Å². The summed E-state index contributed by atoms with van der Waals surface area (Å²) in [7, 11) is -3.71. The minimum Gasteiger partial charge on any atom is -0.381 e. The molecule has 0 aliphatic carbocycles. The average molecular weight is 362 g/mol. The van der Waals surface area contributed by atoms with Gasteiger partial charge in [-0.25, -0.2) is 13.1 Å². The number of nitrogens with one attached hydrogen (secondary N) is 1. The fourth-order valence-corrected chi connectivity index (χ4v) is 4.30. The van der Waals surface area contributed by atoms with Crippen molar-refractivity contribution in [2.24, 2.45) is 5.92 Å². The Bertz CT molecular complexity index is 887. The number of aromatic nitrogens is 1. The van der Waals surface area contributed by atoms with E-state index < -0.39 is 15.9 Å². The first-order valence-corrected chi connectivity index (χ1v) is 10.0. The fourth-order valence-electron chi connectivity index (χ4n) is 2.94. The van der Waals surface area contributed by atoms with E-state index in [2.05, 4.69) is 9.71 Å². The van der Waals surface area contributed by atoms with E-state index >= 15 is 0 Å². The highest BCUT2D eigenvalue weighted by Gasteiger charge is 2.26. The van der Waals surface area contributed by atoms with Crippen molar-refractivity contribution in [2.75, 3.05) is 19.0 Å². The molecule has 7 heteroatoms. The number of sulfonamides is 1. The molecule has 1 aliphatic heterocycles. The first-order valence-electron chi connectivity index (χ1n) is 8.38. The van der Waals surface area contributed by atoms with Gasteiger partial charge < -0.3 is 4.74 Å². The van der Waals surface area contributed by atoms with Crippen molar-refractivity contribution in [1.29, 1.82) is 0 Å². The lowest BCUT2D eigenvalue weighted by Crippen LogP contribution is -2.35. The molecule has 1 fully saturated rings. The van der Waals surface area contributed by atoms with Gasteiger partial charge in [-0.15, -0.1) is 0 Å². The zero-order valence-electron chi connectivity index (χ0n) is 14.4. The molecule has 0 saturated carbocycles. The Balaban J connectivity index is 1.90. The van der Waals surface area contributed by atoms with E-state index in [1.165, 1.54) is 0 Å². The van der Waals surface area contributed by atoms with Crippen LogP contribution >= 0.6 is 0 Å². The highest BCUT2D eigenvalue weighted by Crippen LogP contribution is 2.23. The van der Waals surface area contributed by atoms with Gasteiger partial charge in [0.2, 0.25) is 10.0 Å². The number of carbonyl (C=O) groups is 1. The van der Waals surface area contributed by atoms with Gasteiger partial charge in [0.25, 0.3) is 5.91 Å². The van der Waals surface area contributed by atoms with Crippen LogP contribution < -0.4 is 4.72 Å². The summed E-state index contributed by atoms with van der Waals surface area (Å²) in [6.07, 6.45) is 0.699. The second kappa shape index (κ2) is 7.09. The molecule has 1 N–H and O–H groups in total. The Labute approximate surface area is 147 Å². The summed E-state index contributed by atoms with van der Waals surface area (Å²) in [5.41, 5.74) is 1.77. The van der Waals surface area contributed by atoms with E-state index in [4.69, 9.17) is 4.74 Å². The predicted octanol–water partition coefficient (Wildman–Crippen LogP) is 2.45. The summed E-state index contributed by atoms with van der Waals surface area (Å²) < 4.78 is 32.1. The summed E-state index contributed by atoms with van der Waals surface area (Å²) >= 11 is 0. The second-order valence-electron chi connectivity index (χ2n) is 6.71. The van der Waals surface area contributed by atoms with E-state index in [0.29, 0.717) is 36.1 Å². The SMILES string of the molecule is CC(C)c1cc(C(=O)NS(=O)(=O)C[C@H]2CCOC2)c2ccccc2n1. The molecule has 0 spiro atoms. The Morgan fingerprint density at radius 2 is 2.12 bits per heavy atom. The number of pyridine rings is 1. The van der Waals surface area contributed by atoms with Crippen LogP contribution in [-0.4, -0.2) is 38.3 Å². The third-order valence-electron chi connectivity index (χ3n) is 4.30. The normalized spacial score (nSPS) is 18.0. The van der Waals surface area contributed by atoms with E-state index in [-0.39, 0.29) is 17.6 Å². The summed E-state index contributed by atoms with van der Waals surface area (Å²) in [6, 6.07) is 8.93. The van der Waals surface area contributed by atoms with E-state index in [1.54, 1.807) is 18.2 Å². The number of para-hydroxylation sites is 1. The quantitative estimate of drug-likeness (QED) is 0.883. The summed E-state index contributed by atoms with van der Waals surface area (Å²) in [5.74, 6) is -0.646. The van der Waals surface area contributed by atoms with E-state index in [9.17, 15) is 13.2 Å². The zero-order valence-corrected chi connectivity index (χ0v) is 15.2. The van der Waals surface area contributed by atoms with Crippen LogP contribution in [0.3, 0.4) is 0 Å². The number of rotatable bonds is 5. The van der Waals surface area contributed by atoms with Gasteiger partial charge in [0, 0.05) is 23.6 Å². The third kappa shape index (κ3) is 4.16. The van der Waals surface area contributed by atoms with Gasteiger partial charge in [-0.05, 0) is 24.5 Å². The molecule has 0 bridgehead atoms. The molecular weight excluding hydrogens is 340 g/mol. The maximum Gasteiger partial charge on any atom is 0.265 e. The van der Waals surface area contributed by atoms with Crippen molar-refractivity contribution in [1.82, 2.24) is 9.71 Å². The average Bonchev–Trinajstić information content (AvgIpc) is 3.05. The highest BCUT2D eigenvalue weighted by atomic mass is 32.2. The zero-order chi connectivity index (χ0) is 18.0. The molecule has 1 aromatic carbocycles. The molecule has 3 rings (SSSR count). The molecule has 1 atom stereocenters. The number of hydrogen-bond donors (Lipinski definition) is 1. The van der Waals surface area contributed by atoms with Crippen LogP contribution in [0.25, 0.3) is 10.9 Å². The Kier molecular flexibility index (Phi) is 5.06. The van der Waals surface area contributed by atoms with Crippen molar-refractivity contribution in [3.8, 4) is 0 Å². The minimum absolute atomic E-state index is 0.0642. The molecule has 1 saturated heterocycles. The molecule has 0 radical (unpaired) electrons. The molecule has 6 nitrogen and oxygen atoms in total. The number of carbonyl (C=O) groups excluding carboxylic acids is 1. The topological polar surface area (TPSA) is 85.4 Å². The Morgan fingerprint density at radius 3 is 2.80 bits per heavy atom. The third-order valence-corrected chi connectivity index (χ3v) is 5.71. The van der Waals surface area contributed by atoms with E-state index in [1.807, 2.05) is 26.0 Å². The molecule has 1 aliphatic rings. The molecule has 1 amide bonds. The molecule has 2 aromatic rings. The van der Waals surface area contributed by atoms with Gasteiger partial charge in [-0.1, -0.05) is 32.0 Å². The first-order chi connectivity index (χ1) is 11.9. The number of fused-ring (bicyclic) bond motifs is 1. The maximum absolute atomic E-state index is 12.7. The maximum atomic E-state index is 12.7. The number of benzene rings is 1. The highest BCUT2D eigenvalue weighted by molar-refractivity contribution is 7.90. The number of hydrogen-bond acceptors (Lipinski definition) is 5. The van der Waals surface area contributed by atoms with Gasteiger partial charge >= 0.3 is 0 Å². The van der Waals surface area contributed by atoms with Crippen molar-refractivity contribution >= 4 is 26.8 Å². The second-order valence-corrected chi connectivity index (χ2v) is 8.48. The summed E-state index contributed by atoms with van der Waals surface area (Å²) in [5, 5.41) is 0.642. The van der Waals surface area contributed by atoms with Crippen LogP contribution in [0.1, 0.15) is 42.2 Å². The Hall–Kier alpha value is -1.99. The van der Waals surface area contributed by atoms with Crippen LogP contribution in [-0.2, 0) is 14.8 Å². The van der Waals surface area contributed by atoms with Gasteiger partial charge in [-0.3, -0.25) is 9.78 Å². The standard InChI is InChI=1S/C18H22N2O4S/c1-12(2)17-9-15(14-5-3-4-6-16(14)19-17)18(21)20-25(22,23)11-13-7-8-24-10-13/h3-6,9,12-13H,7-8,10-11H2,1-2H3,(H,20,21)/t13-/m0/s1. The van der Waals surface area contributed by atoms with Gasteiger partial charge in [-0.2, -0.15) is 0 Å². The van der Waals surface area contributed by atoms with Crippen LogP contribution in [0, 0.1) is 5.92 Å². The monoisotopic (exact) mass is 362 g/mol. The van der Waals surface area contributed by atoms with Crippen LogP contribution in [0.2, 0.25) is 0 Å². The van der Waals surface area contributed by atoms with Crippen molar-refractivity contribution in [3.05, 3.63) is 41.6 Å². The predicted molar refractivity (Wildman–Crippen MR) is 96.0 cm³/mol. The molecule has 0 unspecified atom stereocenters. The minimum atomic E-state index is -3.71. The Morgan fingerprint density at radius 1 is 1.36 bits per heavy atom. The smallest absolute Gasteiger partial charge is 0.265 e. The molecule has 25 heavy (non-hydrogen) atoms. The molecule has 2 heterocycles. The van der Waals surface area contributed by atoms with Crippen molar-refractivity contribution in [3.63, 3.8) is 0 Å².